The summed E-state index contributed by atoms with van der Waals surface area (Å²) in [6.07, 6.45) is 1.77. The van der Waals surface area contributed by atoms with E-state index < -0.39 is 8.32 Å². The molecule has 2 fully saturated rings. The molecule has 6 nitrogen and oxygen atoms in total. The maximum Gasteiger partial charge on any atom is 0.261 e. The molecule has 40 heavy (non-hydrogen) atoms. The lowest BCUT2D eigenvalue weighted by atomic mass is 9.95. The van der Waals surface area contributed by atoms with Gasteiger partial charge >= 0.3 is 0 Å². The molecule has 2 aliphatic heterocycles. The highest BCUT2D eigenvalue weighted by Crippen LogP contribution is 2.41. The number of rotatable bonds is 6. The normalized spacial score (nSPS) is 22.7. The van der Waals surface area contributed by atoms with E-state index in [0.29, 0.717) is 13.2 Å². The Kier molecular flexibility index (Phi) is 7.30. The van der Waals surface area contributed by atoms with Crippen LogP contribution in [0.3, 0.4) is 0 Å². The van der Waals surface area contributed by atoms with E-state index in [1.807, 2.05) is 12.3 Å². The average molecular weight is 575 g/mol. The van der Waals surface area contributed by atoms with E-state index in [0.717, 1.165) is 47.8 Å². The Hall–Kier alpha value is -2.68. The van der Waals surface area contributed by atoms with Crippen LogP contribution >= 0.6 is 11.6 Å². The summed E-state index contributed by atoms with van der Waals surface area (Å²) < 4.78 is 13.8. The largest absolute Gasteiger partial charge is 0.400 e. The zero-order chi connectivity index (χ0) is 28.0. The SMILES string of the molecule is CC1(N2CCN(c3cc4[nH]ncc4cc3Cl)CC2)COCC1O[Si](c1ccccc1)(c1ccccc1)C(C)(C)C. The molecule has 0 bridgehead atoms. The van der Waals surface area contributed by atoms with E-state index in [9.17, 15) is 0 Å². The highest BCUT2D eigenvalue weighted by Gasteiger charge is 2.56. The van der Waals surface area contributed by atoms with Crippen LogP contribution in [0, 0.1) is 0 Å². The molecular formula is C32H39ClN4O2Si. The number of fused-ring (bicyclic) bond motifs is 1. The van der Waals surface area contributed by atoms with Gasteiger partial charge in [-0.05, 0) is 34.5 Å². The summed E-state index contributed by atoms with van der Waals surface area (Å²) in [6, 6.07) is 25.9. The number of nitrogens with zero attached hydrogens (tertiary/aromatic N) is 3. The second kappa shape index (κ2) is 10.6. The van der Waals surface area contributed by atoms with Gasteiger partial charge in [0.2, 0.25) is 0 Å². The predicted molar refractivity (Wildman–Crippen MR) is 167 cm³/mol. The molecule has 1 aromatic heterocycles. The number of H-pyrrole nitrogens is 1. The average Bonchev–Trinajstić information content (AvgIpc) is 3.57. The molecule has 3 aromatic carbocycles. The molecule has 210 valence electrons. The van der Waals surface area contributed by atoms with E-state index in [1.54, 1.807) is 0 Å². The van der Waals surface area contributed by atoms with E-state index in [2.05, 4.69) is 114 Å². The first-order chi connectivity index (χ1) is 19.2. The van der Waals surface area contributed by atoms with Gasteiger partial charge in [0.1, 0.15) is 0 Å². The maximum atomic E-state index is 7.60. The Morgan fingerprint density at radius 2 is 1.60 bits per heavy atom. The summed E-state index contributed by atoms with van der Waals surface area (Å²) >= 11 is 6.71. The number of anilines is 1. The van der Waals surface area contributed by atoms with Gasteiger partial charge in [-0.25, -0.2) is 0 Å². The van der Waals surface area contributed by atoms with Crippen molar-refractivity contribution in [2.45, 2.75) is 44.4 Å². The van der Waals surface area contributed by atoms with Gasteiger partial charge in [0, 0.05) is 31.6 Å². The van der Waals surface area contributed by atoms with E-state index in [4.69, 9.17) is 20.8 Å². The fourth-order valence-corrected chi connectivity index (χ4v) is 11.7. The second-order valence-electron chi connectivity index (χ2n) is 12.4. The topological polar surface area (TPSA) is 53.6 Å². The van der Waals surface area contributed by atoms with E-state index in [-0.39, 0.29) is 16.7 Å². The van der Waals surface area contributed by atoms with Crippen molar-refractivity contribution in [3.8, 4) is 0 Å². The Labute approximate surface area is 243 Å². The number of nitrogens with one attached hydrogen (secondary N) is 1. The Balaban J connectivity index is 1.29. The minimum absolute atomic E-state index is 0.0460. The van der Waals surface area contributed by atoms with E-state index in [1.165, 1.54) is 10.4 Å². The third-order valence-corrected chi connectivity index (χ3v) is 14.3. The quantitative estimate of drug-likeness (QED) is 0.326. The first-order valence-corrected chi connectivity index (χ1v) is 16.5. The number of aromatic amines is 1. The summed E-state index contributed by atoms with van der Waals surface area (Å²) in [6.45, 7) is 14.2. The maximum absolute atomic E-state index is 7.60. The standard InChI is InChI=1S/C32H39ClN4O2Si/c1-31(2,3)40(25-11-7-5-8-12-25,26-13-9-6-10-14-26)39-30-22-38-23-32(30,4)37-17-15-36(16-18-37)29-20-28-24(19-27(29)33)21-34-35-28/h5-14,19-21,30H,15-18,22-23H2,1-4H3,(H,34,35). The molecule has 2 aliphatic rings. The van der Waals surface area contributed by atoms with Crippen LogP contribution in [0.25, 0.3) is 10.9 Å². The van der Waals surface area contributed by atoms with Crippen molar-refractivity contribution < 1.29 is 9.16 Å². The number of hydrogen-bond acceptors (Lipinski definition) is 5. The predicted octanol–water partition coefficient (Wildman–Crippen LogP) is 5.07. The first-order valence-electron chi connectivity index (χ1n) is 14.2. The summed E-state index contributed by atoms with van der Waals surface area (Å²) in [5.41, 5.74) is 1.85. The van der Waals surface area contributed by atoms with Gasteiger partial charge in [0.05, 0.1) is 47.3 Å². The summed E-state index contributed by atoms with van der Waals surface area (Å²) in [7, 11) is -2.70. The first kappa shape index (κ1) is 27.5. The van der Waals surface area contributed by atoms with Crippen LogP contribution in [0.15, 0.2) is 79.0 Å². The van der Waals surface area contributed by atoms with Crippen LogP contribution in [-0.2, 0) is 9.16 Å². The van der Waals surface area contributed by atoms with E-state index >= 15 is 0 Å². The van der Waals surface area contributed by atoms with Crippen molar-refractivity contribution in [2.24, 2.45) is 0 Å². The van der Waals surface area contributed by atoms with Crippen molar-refractivity contribution in [1.29, 1.82) is 0 Å². The summed E-state index contributed by atoms with van der Waals surface area (Å²) in [5, 5.41) is 11.6. The third-order valence-electron chi connectivity index (χ3n) is 8.94. The van der Waals surface area contributed by atoms with Crippen LogP contribution in [0.5, 0.6) is 0 Å². The number of benzene rings is 3. The Morgan fingerprint density at radius 3 is 2.20 bits per heavy atom. The zero-order valence-electron chi connectivity index (χ0n) is 23.9. The molecule has 8 heteroatoms. The van der Waals surface area contributed by atoms with Gasteiger partial charge < -0.3 is 14.1 Å². The third kappa shape index (κ3) is 4.68. The number of piperazine rings is 1. The molecular weight excluding hydrogens is 536 g/mol. The molecule has 0 spiro atoms. The number of ether oxygens (including phenoxy) is 1. The van der Waals surface area contributed by atoms with Crippen molar-refractivity contribution in [2.75, 3.05) is 44.3 Å². The molecule has 4 aromatic rings. The second-order valence-corrected chi connectivity index (χ2v) is 17.0. The minimum atomic E-state index is -2.70. The lowest BCUT2D eigenvalue weighted by Crippen LogP contribution is -2.71. The number of halogens is 1. The number of aromatic nitrogens is 2. The fourth-order valence-electron chi connectivity index (χ4n) is 6.66. The highest BCUT2D eigenvalue weighted by molar-refractivity contribution is 6.99. The molecule has 0 saturated carbocycles. The van der Waals surface area contributed by atoms with Crippen LogP contribution in [0.2, 0.25) is 10.1 Å². The highest BCUT2D eigenvalue weighted by atomic mass is 35.5. The van der Waals surface area contributed by atoms with Gasteiger partial charge in [-0.1, -0.05) is 93.0 Å². The minimum Gasteiger partial charge on any atom is -0.400 e. The van der Waals surface area contributed by atoms with Crippen LogP contribution in [0.1, 0.15) is 27.7 Å². The molecule has 3 heterocycles. The van der Waals surface area contributed by atoms with Gasteiger partial charge in [-0.15, -0.1) is 0 Å². The van der Waals surface area contributed by atoms with Crippen LogP contribution < -0.4 is 15.3 Å². The van der Waals surface area contributed by atoms with Gasteiger partial charge in [0.25, 0.3) is 8.32 Å². The molecule has 0 amide bonds. The Bertz CT molecular complexity index is 1410. The lowest BCUT2D eigenvalue weighted by Gasteiger charge is -2.50. The summed E-state index contributed by atoms with van der Waals surface area (Å²) in [4.78, 5) is 4.97. The number of hydrogen-bond donors (Lipinski definition) is 1. The molecule has 2 unspecified atom stereocenters. The molecule has 2 atom stereocenters. The molecule has 1 N–H and O–H groups in total. The van der Waals surface area contributed by atoms with Crippen molar-refractivity contribution in [3.05, 3.63) is 84.0 Å². The fraction of sp³-hybridized carbons (Fsp3) is 0.406. The van der Waals surface area contributed by atoms with Gasteiger partial charge in [-0.3, -0.25) is 10.00 Å². The molecule has 6 rings (SSSR count). The molecule has 2 saturated heterocycles. The van der Waals surface area contributed by atoms with Gasteiger partial charge in [0.15, 0.2) is 0 Å². The summed E-state index contributed by atoms with van der Waals surface area (Å²) in [5.74, 6) is 0. The Morgan fingerprint density at radius 1 is 0.975 bits per heavy atom. The zero-order valence-corrected chi connectivity index (χ0v) is 25.6. The van der Waals surface area contributed by atoms with Crippen molar-refractivity contribution in [3.63, 3.8) is 0 Å². The van der Waals surface area contributed by atoms with Crippen molar-refractivity contribution in [1.82, 2.24) is 15.1 Å². The van der Waals surface area contributed by atoms with Crippen LogP contribution in [0.4, 0.5) is 5.69 Å². The monoisotopic (exact) mass is 574 g/mol. The molecule has 0 aliphatic carbocycles. The van der Waals surface area contributed by atoms with Crippen LogP contribution in [-0.4, -0.2) is 74.5 Å². The van der Waals surface area contributed by atoms with Gasteiger partial charge in [-0.2, -0.15) is 5.10 Å². The molecule has 0 radical (unpaired) electrons. The lowest BCUT2D eigenvalue weighted by molar-refractivity contribution is 0.0165. The smallest absolute Gasteiger partial charge is 0.261 e. The van der Waals surface area contributed by atoms with Crippen molar-refractivity contribution >= 4 is 46.9 Å².